The lowest BCUT2D eigenvalue weighted by Gasteiger charge is -2.19. The quantitative estimate of drug-likeness (QED) is 0.661. The number of carbonyl (C=O) groups excluding carboxylic acids is 3. The van der Waals surface area contributed by atoms with Gasteiger partial charge in [0.1, 0.15) is 0 Å². The van der Waals surface area contributed by atoms with Gasteiger partial charge >= 0.3 is 0 Å². The Morgan fingerprint density at radius 2 is 1.96 bits per heavy atom. The Labute approximate surface area is 134 Å². The summed E-state index contributed by atoms with van der Waals surface area (Å²) in [6.45, 7) is 3.82. The van der Waals surface area contributed by atoms with Gasteiger partial charge in [0, 0.05) is 24.6 Å². The minimum absolute atomic E-state index is 0.162. The molecule has 0 unspecified atom stereocenters. The van der Waals surface area contributed by atoms with Crippen molar-refractivity contribution in [3.63, 3.8) is 0 Å². The highest BCUT2D eigenvalue weighted by Crippen LogP contribution is 2.42. The van der Waals surface area contributed by atoms with Crippen LogP contribution in [0.1, 0.15) is 25.8 Å². The number of rotatable bonds is 5. The first-order valence-corrected chi connectivity index (χ1v) is 7.74. The molecule has 23 heavy (non-hydrogen) atoms. The molecule has 2 atom stereocenters. The maximum Gasteiger partial charge on any atom is 0.267 e. The standard InChI is InChI=1S/C18H19NO4/c1-11(2)8-14(20)16-18(23-16)15(21)10-13(19-17(18)22)9-12-6-4-3-5-7-12/h3-7,10-11,16H,8-9H2,1-2H3,(H,19,22)/t16-,18-/m0/s1. The van der Waals surface area contributed by atoms with Crippen molar-refractivity contribution in [2.24, 2.45) is 5.92 Å². The molecule has 2 heterocycles. The number of hydrogen-bond donors (Lipinski definition) is 1. The minimum Gasteiger partial charge on any atom is -0.339 e. The van der Waals surface area contributed by atoms with Gasteiger partial charge in [0.05, 0.1) is 0 Å². The number of allylic oxidation sites excluding steroid dienone is 1. The first kappa shape index (κ1) is 15.6. The third-order valence-corrected chi connectivity index (χ3v) is 4.04. The molecule has 1 aromatic carbocycles. The van der Waals surface area contributed by atoms with Gasteiger partial charge in [-0.15, -0.1) is 0 Å². The van der Waals surface area contributed by atoms with Crippen LogP contribution in [0, 0.1) is 5.92 Å². The maximum atomic E-state index is 12.4. The van der Waals surface area contributed by atoms with Crippen LogP contribution in [0.25, 0.3) is 0 Å². The highest BCUT2D eigenvalue weighted by molar-refractivity contribution is 6.23. The van der Waals surface area contributed by atoms with Crippen LogP contribution in [0.3, 0.4) is 0 Å². The Bertz CT molecular complexity index is 692. The van der Waals surface area contributed by atoms with E-state index in [-0.39, 0.29) is 11.7 Å². The highest BCUT2D eigenvalue weighted by atomic mass is 16.6. The fourth-order valence-electron chi connectivity index (χ4n) is 2.88. The lowest BCUT2D eigenvalue weighted by atomic mass is 9.89. The fraction of sp³-hybridized carbons (Fsp3) is 0.389. The Morgan fingerprint density at radius 3 is 2.57 bits per heavy atom. The zero-order chi connectivity index (χ0) is 16.6. The molecular formula is C18H19NO4. The van der Waals surface area contributed by atoms with E-state index in [1.165, 1.54) is 6.08 Å². The summed E-state index contributed by atoms with van der Waals surface area (Å²) in [5.74, 6) is -0.995. The number of epoxide rings is 1. The fourth-order valence-corrected chi connectivity index (χ4v) is 2.88. The molecule has 0 aromatic heterocycles. The van der Waals surface area contributed by atoms with E-state index in [0.29, 0.717) is 18.5 Å². The van der Waals surface area contributed by atoms with Crippen LogP contribution in [-0.4, -0.2) is 29.2 Å². The molecule has 0 saturated carbocycles. The lowest BCUT2D eigenvalue weighted by Crippen LogP contribution is -2.49. The molecule has 1 spiro atoms. The lowest BCUT2D eigenvalue weighted by molar-refractivity contribution is -0.134. The molecule has 5 nitrogen and oxygen atoms in total. The topological polar surface area (TPSA) is 75.8 Å². The summed E-state index contributed by atoms with van der Waals surface area (Å²) in [5, 5.41) is 2.71. The molecule has 1 fully saturated rings. The smallest absolute Gasteiger partial charge is 0.267 e. The molecular weight excluding hydrogens is 294 g/mol. The predicted molar refractivity (Wildman–Crippen MR) is 83.4 cm³/mol. The second kappa shape index (κ2) is 5.74. The van der Waals surface area contributed by atoms with E-state index in [0.717, 1.165) is 5.56 Å². The molecule has 1 N–H and O–H groups in total. The van der Waals surface area contributed by atoms with Crippen LogP contribution in [0.4, 0.5) is 0 Å². The Kier molecular flexibility index (Phi) is 3.90. The number of ketones is 2. The Balaban J connectivity index is 1.74. The Hall–Kier alpha value is -2.27. The molecule has 2 aliphatic heterocycles. The van der Waals surface area contributed by atoms with Crippen molar-refractivity contribution >= 4 is 17.5 Å². The zero-order valence-electron chi connectivity index (χ0n) is 13.2. The van der Waals surface area contributed by atoms with Crippen molar-refractivity contribution in [1.82, 2.24) is 5.32 Å². The van der Waals surface area contributed by atoms with Crippen molar-refractivity contribution in [2.45, 2.75) is 38.4 Å². The molecule has 120 valence electrons. The summed E-state index contributed by atoms with van der Waals surface area (Å²) in [4.78, 5) is 36.8. The van der Waals surface area contributed by atoms with Crippen molar-refractivity contribution in [3.05, 3.63) is 47.7 Å². The van der Waals surface area contributed by atoms with E-state index in [1.54, 1.807) is 0 Å². The van der Waals surface area contributed by atoms with Crippen LogP contribution >= 0.6 is 0 Å². The predicted octanol–water partition coefficient (Wildman–Crippen LogP) is 1.56. The van der Waals surface area contributed by atoms with Gasteiger partial charge < -0.3 is 10.1 Å². The molecule has 0 radical (unpaired) electrons. The second-order valence-electron chi connectivity index (χ2n) is 6.45. The van der Waals surface area contributed by atoms with Gasteiger partial charge in [-0.3, -0.25) is 14.4 Å². The van der Waals surface area contributed by atoms with Gasteiger partial charge in [0.2, 0.25) is 11.4 Å². The summed E-state index contributed by atoms with van der Waals surface area (Å²) in [6, 6.07) is 9.54. The molecule has 5 heteroatoms. The van der Waals surface area contributed by atoms with Gasteiger partial charge in [0.15, 0.2) is 11.9 Å². The average Bonchev–Trinajstić information content (AvgIpc) is 3.23. The van der Waals surface area contributed by atoms with Gasteiger partial charge in [-0.05, 0) is 11.5 Å². The molecule has 0 bridgehead atoms. The first-order chi connectivity index (χ1) is 10.9. The highest BCUT2D eigenvalue weighted by Gasteiger charge is 2.71. The summed E-state index contributed by atoms with van der Waals surface area (Å²) < 4.78 is 5.28. The zero-order valence-corrected chi connectivity index (χ0v) is 13.2. The maximum absolute atomic E-state index is 12.4. The molecule has 1 saturated heterocycles. The van der Waals surface area contributed by atoms with Crippen LogP contribution in [0.2, 0.25) is 0 Å². The second-order valence-corrected chi connectivity index (χ2v) is 6.45. The van der Waals surface area contributed by atoms with Crippen LogP contribution in [0.5, 0.6) is 0 Å². The van der Waals surface area contributed by atoms with Crippen molar-refractivity contribution in [2.75, 3.05) is 0 Å². The molecule has 2 aliphatic rings. The van der Waals surface area contributed by atoms with Crippen molar-refractivity contribution < 1.29 is 19.1 Å². The first-order valence-electron chi connectivity index (χ1n) is 7.74. The molecule has 1 aromatic rings. The minimum atomic E-state index is -1.62. The van der Waals surface area contributed by atoms with Gasteiger partial charge in [-0.25, -0.2) is 0 Å². The van der Waals surface area contributed by atoms with Gasteiger partial charge in [0.25, 0.3) is 5.91 Å². The van der Waals surface area contributed by atoms with E-state index in [9.17, 15) is 14.4 Å². The SMILES string of the molecule is CC(C)CC(=O)[C@@H]1O[C@@]12C(=O)C=C(Cc1ccccc1)NC2=O. The van der Waals surface area contributed by atoms with Crippen molar-refractivity contribution in [1.29, 1.82) is 0 Å². The van der Waals surface area contributed by atoms with E-state index < -0.39 is 23.4 Å². The number of amides is 1. The van der Waals surface area contributed by atoms with Gasteiger partial charge in [-0.1, -0.05) is 44.2 Å². The Morgan fingerprint density at radius 1 is 1.26 bits per heavy atom. The number of nitrogens with one attached hydrogen (secondary N) is 1. The molecule has 1 amide bonds. The third-order valence-electron chi connectivity index (χ3n) is 4.04. The van der Waals surface area contributed by atoms with E-state index in [1.807, 2.05) is 44.2 Å². The normalized spacial score (nSPS) is 26.2. The molecule has 3 rings (SSSR count). The van der Waals surface area contributed by atoms with E-state index >= 15 is 0 Å². The largest absolute Gasteiger partial charge is 0.339 e. The van der Waals surface area contributed by atoms with E-state index in [4.69, 9.17) is 4.74 Å². The van der Waals surface area contributed by atoms with Crippen LogP contribution in [0.15, 0.2) is 42.1 Å². The summed E-state index contributed by atoms with van der Waals surface area (Å²) >= 11 is 0. The van der Waals surface area contributed by atoms with Crippen LogP contribution in [-0.2, 0) is 25.5 Å². The molecule has 0 aliphatic carbocycles. The average molecular weight is 313 g/mol. The van der Waals surface area contributed by atoms with Gasteiger partial charge in [-0.2, -0.15) is 0 Å². The number of carbonyl (C=O) groups is 3. The number of hydrogen-bond acceptors (Lipinski definition) is 4. The number of ether oxygens (including phenoxy) is 1. The summed E-state index contributed by atoms with van der Waals surface area (Å²) in [7, 11) is 0. The van der Waals surface area contributed by atoms with Crippen LogP contribution < -0.4 is 5.32 Å². The van der Waals surface area contributed by atoms with Crippen molar-refractivity contribution in [3.8, 4) is 0 Å². The monoisotopic (exact) mass is 313 g/mol. The summed E-state index contributed by atoms with van der Waals surface area (Å²) in [6.07, 6.45) is 1.20. The number of benzene rings is 1. The summed E-state index contributed by atoms with van der Waals surface area (Å²) in [5.41, 5.74) is -0.0964. The van der Waals surface area contributed by atoms with E-state index in [2.05, 4.69) is 5.32 Å². The number of Topliss-reactive ketones (excluding diaryl/α,β-unsaturated/α-hetero) is 1. The third kappa shape index (κ3) is 2.84.